The molecule has 0 aromatic rings. The summed E-state index contributed by atoms with van der Waals surface area (Å²) in [4.78, 5) is 24.9. The van der Waals surface area contributed by atoms with Gasteiger partial charge in [-0.1, -0.05) is 13.3 Å². The van der Waals surface area contributed by atoms with Crippen LogP contribution in [-0.4, -0.2) is 49.7 Å². The highest BCUT2D eigenvalue weighted by Gasteiger charge is 2.32. The third-order valence-electron chi connectivity index (χ3n) is 2.67. The van der Waals surface area contributed by atoms with Crippen LogP contribution in [0.4, 0.5) is 0 Å². The van der Waals surface area contributed by atoms with Gasteiger partial charge < -0.3 is 14.4 Å². The highest BCUT2D eigenvalue weighted by molar-refractivity contribution is 5.84. The minimum Gasteiger partial charge on any atom is -0.467 e. The molecule has 1 amide bonds. The number of amides is 1. The maximum absolute atomic E-state index is 11.9. The highest BCUT2D eigenvalue weighted by Crippen LogP contribution is 2.11. The molecule has 5 heteroatoms. The Bertz CT molecular complexity index is 254. The Balaban J connectivity index is 2.59. The minimum absolute atomic E-state index is 0.0144. The van der Waals surface area contributed by atoms with Crippen molar-refractivity contribution in [1.29, 1.82) is 0 Å². The molecule has 0 spiro atoms. The first kappa shape index (κ1) is 13.0. The summed E-state index contributed by atoms with van der Waals surface area (Å²) in [6.45, 7) is 3.24. The summed E-state index contributed by atoms with van der Waals surface area (Å²) in [5.74, 6) is -0.384. The summed E-state index contributed by atoms with van der Waals surface area (Å²) in [6, 6.07) is -0.567. The van der Waals surface area contributed by atoms with Crippen molar-refractivity contribution in [1.82, 2.24) is 4.90 Å². The van der Waals surface area contributed by atoms with Crippen LogP contribution in [0.15, 0.2) is 0 Å². The van der Waals surface area contributed by atoms with Crippen molar-refractivity contribution in [2.45, 2.75) is 32.2 Å². The summed E-state index contributed by atoms with van der Waals surface area (Å²) in [5, 5.41) is 0. The summed E-state index contributed by atoms with van der Waals surface area (Å²) in [6.07, 6.45) is 2.31. The largest absolute Gasteiger partial charge is 0.467 e. The van der Waals surface area contributed by atoms with Gasteiger partial charge in [0.25, 0.3) is 0 Å². The van der Waals surface area contributed by atoms with E-state index in [1.807, 2.05) is 6.92 Å². The van der Waals surface area contributed by atoms with Gasteiger partial charge in [-0.3, -0.25) is 4.79 Å². The Hall–Kier alpha value is -1.10. The number of hydrogen-bond acceptors (Lipinski definition) is 4. The molecule has 0 aromatic carbocycles. The molecule has 0 aliphatic carbocycles. The predicted octanol–water partition coefficient (Wildman–Crippen LogP) is 0.577. The van der Waals surface area contributed by atoms with E-state index in [1.54, 1.807) is 4.90 Å². The van der Waals surface area contributed by atoms with E-state index in [0.29, 0.717) is 19.6 Å². The fraction of sp³-hybridized carbons (Fsp3) is 0.818. The van der Waals surface area contributed by atoms with Crippen molar-refractivity contribution in [2.75, 3.05) is 26.9 Å². The zero-order valence-electron chi connectivity index (χ0n) is 9.90. The number of unbranched alkanes of at least 4 members (excludes halogenated alkanes) is 1. The first-order valence-corrected chi connectivity index (χ1v) is 5.65. The number of morpholine rings is 1. The fourth-order valence-electron chi connectivity index (χ4n) is 1.71. The molecule has 1 atom stereocenters. The van der Waals surface area contributed by atoms with Gasteiger partial charge in [-0.25, -0.2) is 4.79 Å². The van der Waals surface area contributed by atoms with Crippen LogP contribution in [0.5, 0.6) is 0 Å². The summed E-state index contributed by atoms with van der Waals surface area (Å²) in [5.41, 5.74) is 0. The zero-order chi connectivity index (χ0) is 12.0. The Labute approximate surface area is 95.7 Å². The SMILES string of the molecule is CCCCC(=O)N1CCOCC1C(=O)OC. The molecule has 16 heavy (non-hydrogen) atoms. The number of carbonyl (C=O) groups is 2. The quantitative estimate of drug-likeness (QED) is 0.662. The number of carbonyl (C=O) groups excluding carboxylic acids is 2. The molecule has 0 bridgehead atoms. The molecular formula is C11H19NO4. The normalized spacial score (nSPS) is 20.6. The molecule has 92 valence electrons. The van der Waals surface area contributed by atoms with Crippen molar-refractivity contribution in [3.63, 3.8) is 0 Å². The number of rotatable bonds is 4. The lowest BCUT2D eigenvalue weighted by atomic mass is 10.1. The van der Waals surface area contributed by atoms with Crippen LogP contribution in [0.3, 0.4) is 0 Å². The maximum atomic E-state index is 11.9. The molecule has 0 aromatic heterocycles. The van der Waals surface area contributed by atoms with E-state index in [9.17, 15) is 9.59 Å². The van der Waals surface area contributed by atoms with Crippen LogP contribution >= 0.6 is 0 Å². The molecule has 1 aliphatic heterocycles. The predicted molar refractivity (Wildman–Crippen MR) is 57.9 cm³/mol. The smallest absolute Gasteiger partial charge is 0.331 e. The second-order valence-electron chi connectivity index (χ2n) is 3.80. The first-order valence-electron chi connectivity index (χ1n) is 5.65. The van der Waals surface area contributed by atoms with Gasteiger partial charge in [0.2, 0.25) is 5.91 Å². The van der Waals surface area contributed by atoms with E-state index in [1.165, 1.54) is 7.11 Å². The van der Waals surface area contributed by atoms with Crippen molar-refractivity contribution >= 4 is 11.9 Å². The van der Waals surface area contributed by atoms with E-state index in [2.05, 4.69) is 4.74 Å². The van der Waals surface area contributed by atoms with Crippen LogP contribution in [0.25, 0.3) is 0 Å². The lowest BCUT2D eigenvalue weighted by molar-refractivity contribution is -0.160. The highest BCUT2D eigenvalue weighted by atomic mass is 16.5. The van der Waals surface area contributed by atoms with E-state index in [-0.39, 0.29) is 12.5 Å². The molecule has 1 saturated heterocycles. The Morgan fingerprint density at radius 1 is 1.50 bits per heavy atom. The molecule has 1 rings (SSSR count). The van der Waals surface area contributed by atoms with Gasteiger partial charge in [-0.15, -0.1) is 0 Å². The zero-order valence-corrected chi connectivity index (χ0v) is 9.90. The summed E-state index contributed by atoms with van der Waals surface area (Å²) >= 11 is 0. The molecule has 5 nitrogen and oxygen atoms in total. The second kappa shape index (κ2) is 6.48. The molecule has 0 radical (unpaired) electrons. The molecule has 1 unspecified atom stereocenters. The van der Waals surface area contributed by atoms with Gasteiger partial charge in [0, 0.05) is 13.0 Å². The van der Waals surface area contributed by atoms with Crippen LogP contribution in [0, 0.1) is 0 Å². The summed E-state index contributed by atoms with van der Waals surface area (Å²) in [7, 11) is 1.33. The standard InChI is InChI=1S/C11H19NO4/c1-3-4-5-10(13)12-6-7-16-8-9(12)11(14)15-2/h9H,3-8H2,1-2H3. The van der Waals surface area contributed by atoms with Gasteiger partial charge >= 0.3 is 5.97 Å². The van der Waals surface area contributed by atoms with Crippen LogP contribution in [0.1, 0.15) is 26.2 Å². The Morgan fingerprint density at radius 2 is 2.25 bits per heavy atom. The van der Waals surface area contributed by atoms with Crippen LogP contribution in [-0.2, 0) is 19.1 Å². The van der Waals surface area contributed by atoms with Crippen LogP contribution < -0.4 is 0 Å². The Kier molecular flexibility index (Phi) is 5.25. The average molecular weight is 229 g/mol. The third-order valence-corrected chi connectivity index (χ3v) is 2.67. The van der Waals surface area contributed by atoms with Crippen LogP contribution in [0.2, 0.25) is 0 Å². The van der Waals surface area contributed by atoms with E-state index in [4.69, 9.17) is 4.74 Å². The fourth-order valence-corrected chi connectivity index (χ4v) is 1.71. The third kappa shape index (κ3) is 3.20. The molecule has 1 aliphatic rings. The Morgan fingerprint density at radius 3 is 2.88 bits per heavy atom. The molecule has 0 N–H and O–H groups in total. The second-order valence-corrected chi connectivity index (χ2v) is 3.80. The van der Waals surface area contributed by atoms with Crippen molar-refractivity contribution in [2.24, 2.45) is 0 Å². The molecular weight excluding hydrogens is 210 g/mol. The minimum atomic E-state index is -0.567. The topological polar surface area (TPSA) is 55.8 Å². The van der Waals surface area contributed by atoms with Gasteiger partial charge in [0.05, 0.1) is 20.3 Å². The van der Waals surface area contributed by atoms with Crippen molar-refractivity contribution < 1.29 is 19.1 Å². The van der Waals surface area contributed by atoms with Gasteiger partial charge in [0.1, 0.15) is 0 Å². The van der Waals surface area contributed by atoms with E-state index in [0.717, 1.165) is 12.8 Å². The van der Waals surface area contributed by atoms with Crippen molar-refractivity contribution in [3.8, 4) is 0 Å². The molecule has 1 heterocycles. The maximum Gasteiger partial charge on any atom is 0.331 e. The number of esters is 1. The monoisotopic (exact) mass is 229 g/mol. The van der Waals surface area contributed by atoms with Crippen molar-refractivity contribution in [3.05, 3.63) is 0 Å². The van der Waals surface area contributed by atoms with Gasteiger partial charge in [-0.2, -0.15) is 0 Å². The number of ether oxygens (including phenoxy) is 2. The molecule has 0 saturated carbocycles. The van der Waals surface area contributed by atoms with E-state index >= 15 is 0 Å². The first-order chi connectivity index (χ1) is 7.70. The summed E-state index contributed by atoms with van der Waals surface area (Å²) < 4.78 is 9.86. The van der Waals surface area contributed by atoms with E-state index < -0.39 is 12.0 Å². The lowest BCUT2D eigenvalue weighted by Gasteiger charge is -2.33. The molecule has 1 fully saturated rings. The van der Waals surface area contributed by atoms with Gasteiger partial charge in [0.15, 0.2) is 6.04 Å². The average Bonchev–Trinajstić information content (AvgIpc) is 2.35. The number of nitrogens with zero attached hydrogens (tertiary/aromatic N) is 1. The lowest BCUT2D eigenvalue weighted by Crippen LogP contribution is -2.52. The van der Waals surface area contributed by atoms with Gasteiger partial charge in [-0.05, 0) is 6.42 Å². The number of methoxy groups -OCH3 is 1. The number of hydrogen-bond donors (Lipinski definition) is 0.